The Morgan fingerprint density at radius 1 is 1.30 bits per heavy atom. The standard InChI is InChI=1S/C14H15FN4O/c15-9-6-10(16)8(14(17)20)5-13(9)19-7-18-11-3-1-2-4-12(11)19/h5-7H,1-4,16H2,(H2,17,20). The number of carbonyl (C=O) groups excluding carboxylic acids is 1. The van der Waals surface area contributed by atoms with Crippen LogP contribution >= 0.6 is 0 Å². The van der Waals surface area contributed by atoms with Crippen molar-refractivity contribution in [1.29, 1.82) is 0 Å². The van der Waals surface area contributed by atoms with E-state index in [2.05, 4.69) is 4.98 Å². The number of nitrogens with zero attached hydrogens (tertiary/aromatic N) is 2. The van der Waals surface area contributed by atoms with Gasteiger partial charge in [-0.1, -0.05) is 0 Å². The fourth-order valence-electron chi connectivity index (χ4n) is 2.65. The predicted molar refractivity (Wildman–Crippen MR) is 73.1 cm³/mol. The van der Waals surface area contributed by atoms with E-state index in [0.717, 1.165) is 43.1 Å². The van der Waals surface area contributed by atoms with Crippen molar-refractivity contribution in [2.24, 2.45) is 5.73 Å². The highest BCUT2D eigenvalue weighted by atomic mass is 19.1. The maximum absolute atomic E-state index is 14.1. The van der Waals surface area contributed by atoms with Gasteiger partial charge >= 0.3 is 0 Å². The summed E-state index contributed by atoms with van der Waals surface area (Å²) in [7, 11) is 0. The molecule has 0 aliphatic heterocycles. The summed E-state index contributed by atoms with van der Waals surface area (Å²) in [6.45, 7) is 0. The van der Waals surface area contributed by atoms with Crippen molar-refractivity contribution in [2.75, 3.05) is 5.73 Å². The molecule has 104 valence electrons. The van der Waals surface area contributed by atoms with Crippen LogP contribution in [0.5, 0.6) is 0 Å². The molecule has 3 rings (SSSR count). The number of imidazole rings is 1. The molecule has 0 radical (unpaired) electrons. The van der Waals surface area contributed by atoms with Gasteiger partial charge in [-0.3, -0.25) is 4.79 Å². The van der Waals surface area contributed by atoms with Crippen molar-refractivity contribution in [3.8, 4) is 5.69 Å². The lowest BCUT2D eigenvalue weighted by Crippen LogP contribution is -2.15. The van der Waals surface area contributed by atoms with E-state index in [1.54, 1.807) is 10.9 Å². The zero-order chi connectivity index (χ0) is 14.3. The largest absolute Gasteiger partial charge is 0.398 e. The summed E-state index contributed by atoms with van der Waals surface area (Å²) < 4.78 is 15.8. The van der Waals surface area contributed by atoms with E-state index in [1.807, 2.05) is 0 Å². The van der Waals surface area contributed by atoms with Crippen molar-refractivity contribution >= 4 is 11.6 Å². The van der Waals surface area contributed by atoms with E-state index in [9.17, 15) is 9.18 Å². The molecular formula is C14H15FN4O. The lowest BCUT2D eigenvalue weighted by Gasteiger charge is -2.15. The van der Waals surface area contributed by atoms with Gasteiger partial charge in [-0.2, -0.15) is 0 Å². The fraction of sp³-hybridized carbons (Fsp3) is 0.286. The fourth-order valence-corrected chi connectivity index (χ4v) is 2.65. The number of hydrogen-bond donors (Lipinski definition) is 2. The Morgan fingerprint density at radius 3 is 2.80 bits per heavy atom. The zero-order valence-corrected chi connectivity index (χ0v) is 10.9. The molecule has 0 spiro atoms. The number of amides is 1. The first-order valence-electron chi connectivity index (χ1n) is 6.52. The van der Waals surface area contributed by atoms with Gasteiger partial charge in [-0.15, -0.1) is 0 Å². The van der Waals surface area contributed by atoms with Crippen LogP contribution in [0.25, 0.3) is 5.69 Å². The summed E-state index contributed by atoms with van der Waals surface area (Å²) in [5.41, 5.74) is 13.3. The van der Waals surface area contributed by atoms with E-state index in [-0.39, 0.29) is 16.9 Å². The molecule has 0 saturated heterocycles. The van der Waals surface area contributed by atoms with Crippen LogP contribution in [-0.4, -0.2) is 15.5 Å². The predicted octanol–water partition coefficient (Wildman–Crippen LogP) is 1.57. The average Bonchev–Trinajstić information content (AvgIpc) is 2.82. The van der Waals surface area contributed by atoms with Gasteiger partial charge in [0.05, 0.1) is 23.3 Å². The van der Waals surface area contributed by atoms with Crippen LogP contribution in [0.2, 0.25) is 0 Å². The number of carbonyl (C=O) groups is 1. The molecule has 1 aromatic carbocycles. The number of halogens is 1. The maximum atomic E-state index is 14.1. The smallest absolute Gasteiger partial charge is 0.250 e. The van der Waals surface area contributed by atoms with Gasteiger partial charge in [0.2, 0.25) is 0 Å². The Kier molecular flexibility index (Phi) is 2.93. The van der Waals surface area contributed by atoms with Crippen LogP contribution in [0.3, 0.4) is 0 Å². The van der Waals surface area contributed by atoms with Crippen LogP contribution in [0.1, 0.15) is 34.6 Å². The minimum Gasteiger partial charge on any atom is -0.398 e. The molecule has 0 atom stereocenters. The van der Waals surface area contributed by atoms with Gasteiger partial charge in [0.1, 0.15) is 5.82 Å². The molecule has 0 unspecified atom stereocenters. The van der Waals surface area contributed by atoms with E-state index in [1.165, 1.54) is 6.07 Å². The number of aryl methyl sites for hydroxylation is 1. The molecule has 1 aliphatic carbocycles. The molecule has 6 heteroatoms. The number of fused-ring (bicyclic) bond motifs is 1. The minimum absolute atomic E-state index is 0.0488. The van der Waals surface area contributed by atoms with Gasteiger partial charge in [-0.25, -0.2) is 9.37 Å². The average molecular weight is 274 g/mol. The van der Waals surface area contributed by atoms with Crippen molar-refractivity contribution in [1.82, 2.24) is 9.55 Å². The van der Waals surface area contributed by atoms with Crippen molar-refractivity contribution in [2.45, 2.75) is 25.7 Å². The number of anilines is 1. The zero-order valence-electron chi connectivity index (χ0n) is 10.9. The molecule has 2 aromatic rings. The van der Waals surface area contributed by atoms with E-state index < -0.39 is 11.7 Å². The Labute approximate surface area is 115 Å². The summed E-state index contributed by atoms with van der Waals surface area (Å²) in [5, 5.41) is 0. The summed E-state index contributed by atoms with van der Waals surface area (Å²) >= 11 is 0. The molecule has 0 saturated carbocycles. The summed E-state index contributed by atoms with van der Waals surface area (Å²) in [5.74, 6) is -1.16. The Bertz CT molecular complexity index is 693. The third kappa shape index (κ3) is 1.93. The maximum Gasteiger partial charge on any atom is 0.250 e. The molecule has 0 bridgehead atoms. The van der Waals surface area contributed by atoms with Gasteiger partial charge in [0.15, 0.2) is 0 Å². The molecule has 1 aromatic heterocycles. The molecule has 0 fully saturated rings. The molecule has 1 heterocycles. The molecule has 4 N–H and O–H groups in total. The lowest BCUT2D eigenvalue weighted by molar-refractivity contribution is 0.100. The second-order valence-electron chi connectivity index (χ2n) is 4.97. The Hall–Kier alpha value is -2.37. The molecule has 5 nitrogen and oxygen atoms in total. The molecule has 20 heavy (non-hydrogen) atoms. The number of benzene rings is 1. The SMILES string of the molecule is NC(=O)c1cc(-n2cnc3c2CCCC3)c(F)cc1N. The van der Waals surface area contributed by atoms with E-state index in [0.29, 0.717) is 0 Å². The van der Waals surface area contributed by atoms with Crippen molar-refractivity contribution < 1.29 is 9.18 Å². The quantitative estimate of drug-likeness (QED) is 0.815. The lowest BCUT2D eigenvalue weighted by atomic mass is 10.0. The van der Waals surface area contributed by atoms with Gasteiger partial charge < -0.3 is 16.0 Å². The number of primary amides is 1. The van der Waals surface area contributed by atoms with Gasteiger partial charge in [0, 0.05) is 11.4 Å². The first-order valence-corrected chi connectivity index (χ1v) is 6.52. The monoisotopic (exact) mass is 274 g/mol. The Balaban J connectivity index is 2.17. The van der Waals surface area contributed by atoms with Crippen molar-refractivity contribution in [3.63, 3.8) is 0 Å². The van der Waals surface area contributed by atoms with E-state index >= 15 is 0 Å². The Morgan fingerprint density at radius 2 is 2.05 bits per heavy atom. The molecule has 1 aliphatic rings. The second-order valence-corrected chi connectivity index (χ2v) is 4.97. The summed E-state index contributed by atoms with van der Waals surface area (Å²) in [6, 6.07) is 2.52. The topological polar surface area (TPSA) is 86.9 Å². The highest BCUT2D eigenvalue weighted by Crippen LogP contribution is 2.27. The van der Waals surface area contributed by atoms with Crippen LogP contribution in [0, 0.1) is 5.82 Å². The summed E-state index contributed by atoms with van der Waals surface area (Å²) in [6.07, 6.45) is 5.50. The number of hydrogen-bond acceptors (Lipinski definition) is 3. The summed E-state index contributed by atoms with van der Waals surface area (Å²) in [4.78, 5) is 15.7. The van der Waals surface area contributed by atoms with Crippen molar-refractivity contribution in [3.05, 3.63) is 41.2 Å². The number of nitrogen functional groups attached to an aromatic ring is 1. The van der Waals surface area contributed by atoms with Crippen LogP contribution < -0.4 is 11.5 Å². The van der Waals surface area contributed by atoms with Crippen LogP contribution in [-0.2, 0) is 12.8 Å². The number of nitrogens with two attached hydrogens (primary N) is 2. The normalized spacial score (nSPS) is 14.1. The number of rotatable bonds is 2. The van der Waals surface area contributed by atoms with Crippen LogP contribution in [0.4, 0.5) is 10.1 Å². The molecular weight excluding hydrogens is 259 g/mol. The van der Waals surface area contributed by atoms with E-state index in [4.69, 9.17) is 11.5 Å². The third-order valence-corrected chi connectivity index (χ3v) is 3.67. The third-order valence-electron chi connectivity index (χ3n) is 3.67. The highest BCUT2D eigenvalue weighted by molar-refractivity contribution is 5.98. The highest BCUT2D eigenvalue weighted by Gasteiger charge is 2.19. The first-order chi connectivity index (χ1) is 9.58. The number of aromatic nitrogens is 2. The second kappa shape index (κ2) is 4.63. The van der Waals surface area contributed by atoms with Gasteiger partial charge in [0.25, 0.3) is 5.91 Å². The van der Waals surface area contributed by atoms with Gasteiger partial charge in [-0.05, 0) is 37.8 Å². The molecule has 1 amide bonds. The van der Waals surface area contributed by atoms with Crippen LogP contribution in [0.15, 0.2) is 18.5 Å². The minimum atomic E-state index is -0.669. The first kappa shape index (κ1) is 12.7.